The van der Waals surface area contributed by atoms with Crippen molar-refractivity contribution in [2.24, 2.45) is 0 Å². The Kier molecular flexibility index (Phi) is 7.35. The number of pyridine rings is 1. The molecule has 5 aromatic rings. The first-order chi connectivity index (χ1) is 19.1. The van der Waals surface area contributed by atoms with Gasteiger partial charge < -0.3 is 16.4 Å². The van der Waals surface area contributed by atoms with E-state index in [1.807, 2.05) is 30.3 Å². The Balaban J connectivity index is 1.36. The van der Waals surface area contributed by atoms with Crippen LogP contribution in [0.15, 0.2) is 73.2 Å². The lowest BCUT2D eigenvalue weighted by Gasteiger charge is -2.17. The highest BCUT2D eigenvalue weighted by atomic mass is 32.1. The maximum Gasteiger partial charge on any atom is 0.417 e. The Morgan fingerprint density at radius 1 is 1.02 bits per heavy atom. The largest absolute Gasteiger partial charge is 0.417 e. The first-order valence-electron chi connectivity index (χ1n) is 12.1. The quantitative estimate of drug-likeness (QED) is 0.192. The third kappa shape index (κ3) is 5.86. The van der Waals surface area contributed by atoms with E-state index in [0.717, 1.165) is 32.3 Å². The standard InChI is InChI=1S/C28H22F4N6OS/c1-15(16-2-5-19(29)6-3-16)38-27(39)22-11-18(28(30,31)32)12-34-26(22)35-13-20-7-9-24(40-20)17-4-8-23-21(10-17)25(33)37-14-36-23/h2-12,14-15H,13H2,1H3,(H,34,35)(H,38,39)(H2,33,36,37)/t15-/m0/s1. The molecule has 3 heterocycles. The van der Waals surface area contributed by atoms with Crippen LogP contribution in [0.4, 0.5) is 29.2 Å². The number of nitrogen functional groups attached to an aromatic ring is 1. The van der Waals surface area contributed by atoms with E-state index in [-0.39, 0.29) is 17.9 Å². The van der Waals surface area contributed by atoms with E-state index in [4.69, 9.17) is 5.73 Å². The van der Waals surface area contributed by atoms with Crippen LogP contribution in [-0.4, -0.2) is 20.9 Å². The molecular weight excluding hydrogens is 544 g/mol. The number of nitrogens with zero attached hydrogens (tertiary/aromatic N) is 3. The molecule has 1 amide bonds. The number of hydrogen-bond acceptors (Lipinski definition) is 7. The molecule has 5 rings (SSSR count). The molecule has 0 unspecified atom stereocenters. The number of hydrogen-bond donors (Lipinski definition) is 3. The van der Waals surface area contributed by atoms with Crippen molar-refractivity contribution in [1.82, 2.24) is 20.3 Å². The first-order valence-corrected chi connectivity index (χ1v) is 12.9. The monoisotopic (exact) mass is 566 g/mol. The summed E-state index contributed by atoms with van der Waals surface area (Å²) >= 11 is 1.47. The minimum atomic E-state index is -4.68. The van der Waals surface area contributed by atoms with Crippen LogP contribution in [0.5, 0.6) is 0 Å². The van der Waals surface area contributed by atoms with Crippen molar-refractivity contribution in [3.63, 3.8) is 0 Å². The zero-order chi connectivity index (χ0) is 28.4. The van der Waals surface area contributed by atoms with Crippen LogP contribution in [0.25, 0.3) is 21.3 Å². The molecule has 0 fully saturated rings. The second kappa shape index (κ2) is 10.9. The second-order valence-corrected chi connectivity index (χ2v) is 10.1. The van der Waals surface area contributed by atoms with Crippen LogP contribution in [-0.2, 0) is 12.7 Å². The summed E-state index contributed by atoms with van der Waals surface area (Å²) in [6.45, 7) is 1.87. The molecule has 0 radical (unpaired) electrons. The van der Waals surface area contributed by atoms with E-state index in [1.165, 1.54) is 41.9 Å². The number of carbonyl (C=O) groups is 1. The molecular formula is C28H22F4N6OS. The van der Waals surface area contributed by atoms with Crippen molar-refractivity contribution in [1.29, 1.82) is 0 Å². The number of amides is 1. The van der Waals surface area contributed by atoms with Gasteiger partial charge in [0.05, 0.1) is 29.2 Å². The van der Waals surface area contributed by atoms with Crippen LogP contribution in [0.3, 0.4) is 0 Å². The number of anilines is 2. The average Bonchev–Trinajstić information content (AvgIpc) is 3.41. The third-order valence-corrected chi connectivity index (χ3v) is 7.35. The van der Waals surface area contributed by atoms with Gasteiger partial charge in [0.25, 0.3) is 5.91 Å². The fraction of sp³-hybridized carbons (Fsp3) is 0.143. The van der Waals surface area contributed by atoms with E-state index in [0.29, 0.717) is 17.6 Å². The highest BCUT2D eigenvalue weighted by molar-refractivity contribution is 7.15. The summed E-state index contributed by atoms with van der Waals surface area (Å²) in [5.74, 6) is -0.812. The Hall–Kier alpha value is -4.58. The van der Waals surface area contributed by atoms with Gasteiger partial charge in [0, 0.05) is 21.3 Å². The predicted octanol–water partition coefficient (Wildman–Crippen LogP) is 6.60. The molecule has 3 aromatic heterocycles. The number of alkyl halides is 3. The number of fused-ring (bicyclic) bond motifs is 1. The topological polar surface area (TPSA) is 106 Å². The SMILES string of the molecule is C[C@H](NC(=O)c1cc(C(F)(F)F)cnc1NCc1ccc(-c2ccc3ncnc(N)c3c2)s1)c1ccc(F)cc1. The maximum absolute atomic E-state index is 13.4. The number of nitrogens with one attached hydrogen (secondary N) is 2. The first kappa shape index (κ1) is 27.0. The van der Waals surface area contributed by atoms with E-state index in [1.54, 1.807) is 6.92 Å². The van der Waals surface area contributed by atoms with Gasteiger partial charge in [-0.2, -0.15) is 13.2 Å². The number of nitrogens with two attached hydrogens (primary N) is 1. The van der Waals surface area contributed by atoms with Crippen molar-refractivity contribution in [2.45, 2.75) is 25.7 Å². The smallest absolute Gasteiger partial charge is 0.383 e. The number of halogens is 4. The minimum Gasteiger partial charge on any atom is -0.383 e. The fourth-order valence-electron chi connectivity index (χ4n) is 4.07. The van der Waals surface area contributed by atoms with Crippen LogP contribution < -0.4 is 16.4 Å². The summed E-state index contributed by atoms with van der Waals surface area (Å²) in [4.78, 5) is 27.0. The molecule has 0 saturated heterocycles. The minimum absolute atomic E-state index is 0.00221. The summed E-state index contributed by atoms with van der Waals surface area (Å²) < 4.78 is 53.5. The zero-order valence-electron chi connectivity index (χ0n) is 21.0. The van der Waals surface area contributed by atoms with E-state index in [9.17, 15) is 22.4 Å². The average molecular weight is 567 g/mol. The molecule has 0 aliphatic rings. The van der Waals surface area contributed by atoms with Crippen molar-refractivity contribution < 1.29 is 22.4 Å². The number of rotatable bonds is 7. The van der Waals surface area contributed by atoms with E-state index in [2.05, 4.69) is 25.6 Å². The van der Waals surface area contributed by atoms with E-state index >= 15 is 0 Å². The molecule has 0 aliphatic heterocycles. The highest BCUT2D eigenvalue weighted by Crippen LogP contribution is 2.33. The lowest BCUT2D eigenvalue weighted by molar-refractivity contribution is -0.137. The lowest BCUT2D eigenvalue weighted by Crippen LogP contribution is -2.28. The molecule has 0 spiro atoms. The predicted molar refractivity (Wildman–Crippen MR) is 146 cm³/mol. The van der Waals surface area contributed by atoms with Crippen molar-refractivity contribution in [3.05, 3.63) is 101 Å². The van der Waals surface area contributed by atoms with Gasteiger partial charge in [-0.3, -0.25) is 4.79 Å². The summed E-state index contributed by atoms with van der Waals surface area (Å²) in [7, 11) is 0. The van der Waals surface area contributed by atoms with Gasteiger partial charge in [-0.1, -0.05) is 18.2 Å². The van der Waals surface area contributed by atoms with Crippen molar-refractivity contribution in [2.75, 3.05) is 11.1 Å². The van der Waals surface area contributed by atoms with Crippen molar-refractivity contribution >= 4 is 39.8 Å². The molecule has 2 aromatic carbocycles. The molecule has 4 N–H and O–H groups in total. The molecule has 7 nitrogen and oxygen atoms in total. The van der Waals surface area contributed by atoms with Crippen LogP contribution in [0.2, 0.25) is 0 Å². The summed E-state index contributed by atoms with van der Waals surface area (Å²) in [5.41, 5.74) is 6.91. The van der Waals surface area contributed by atoms with Gasteiger partial charge >= 0.3 is 6.18 Å². The summed E-state index contributed by atoms with van der Waals surface area (Å²) in [6.07, 6.45) is -2.59. The third-order valence-electron chi connectivity index (χ3n) is 6.22. The number of benzene rings is 2. The van der Waals surface area contributed by atoms with Gasteiger partial charge in [0.2, 0.25) is 0 Å². The Labute approximate surface area is 230 Å². The van der Waals surface area contributed by atoms with Gasteiger partial charge in [0.1, 0.15) is 23.8 Å². The molecule has 12 heteroatoms. The van der Waals surface area contributed by atoms with Gasteiger partial charge in [0.15, 0.2) is 0 Å². The van der Waals surface area contributed by atoms with Crippen molar-refractivity contribution in [3.8, 4) is 10.4 Å². The molecule has 40 heavy (non-hydrogen) atoms. The summed E-state index contributed by atoms with van der Waals surface area (Å²) in [5, 5.41) is 6.39. The highest BCUT2D eigenvalue weighted by Gasteiger charge is 2.33. The van der Waals surface area contributed by atoms with Gasteiger partial charge in [-0.15, -0.1) is 11.3 Å². The molecule has 1 atom stereocenters. The summed E-state index contributed by atoms with van der Waals surface area (Å²) in [6, 6.07) is 15.1. The number of aromatic nitrogens is 3. The van der Waals surface area contributed by atoms with Crippen LogP contribution in [0.1, 0.15) is 39.3 Å². The number of carbonyl (C=O) groups excluding carboxylic acids is 1. The molecule has 0 aliphatic carbocycles. The van der Waals surface area contributed by atoms with Crippen LogP contribution >= 0.6 is 11.3 Å². The lowest BCUT2D eigenvalue weighted by atomic mass is 10.1. The zero-order valence-corrected chi connectivity index (χ0v) is 21.8. The van der Waals surface area contributed by atoms with Gasteiger partial charge in [-0.25, -0.2) is 19.3 Å². The van der Waals surface area contributed by atoms with Crippen LogP contribution in [0, 0.1) is 5.82 Å². The Morgan fingerprint density at radius 2 is 1.80 bits per heavy atom. The van der Waals surface area contributed by atoms with E-state index < -0.39 is 29.5 Å². The fourth-order valence-corrected chi connectivity index (χ4v) is 5.02. The molecule has 0 bridgehead atoms. The Bertz CT molecular complexity index is 1690. The number of thiophene rings is 1. The second-order valence-electron chi connectivity index (χ2n) is 8.97. The normalized spacial score (nSPS) is 12.3. The molecule has 204 valence electrons. The maximum atomic E-state index is 13.4. The van der Waals surface area contributed by atoms with Gasteiger partial charge in [-0.05, 0) is 60.5 Å². The Morgan fingerprint density at radius 3 is 2.55 bits per heavy atom. The molecule has 0 saturated carbocycles.